The first kappa shape index (κ1) is 15.5. The highest BCUT2D eigenvalue weighted by atomic mass is 16.2. The second-order valence-electron chi connectivity index (χ2n) is 6.46. The minimum atomic E-state index is -1.10. The number of benzene rings is 1. The number of rotatable bonds is 3. The van der Waals surface area contributed by atoms with Gasteiger partial charge in [0.25, 0.3) is 0 Å². The van der Waals surface area contributed by atoms with Gasteiger partial charge in [-0.3, -0.25) is 14.6 Å². The molecular formula is C18H21N3O2. The molecular weight excluding hydrogens is 290 g/mol. The Kier molecular flexibility index (Phi) is 4.03. The van der Waals surface area contributed by atoms with E-state index in [2.05, 4.69) is 10.3 Å². The van der Waals surface area contributed by atoms with Gasteiger partial charge in [0, 0.05) is 24.7 Å². The monoisotopic (exact) mass is 311 g/mol. The second kappa shape index (κ2) is 5.99. The van der Waals surface area contributed by atoms with Crippen LogP contribution in [0.1, 0.15) is 26.7 Å². The molecule has 1 aliphatic rings. The van der Waals surface area contributed by atoms with E-state index in [0.717, 1.165) is 36.8 Å². The third kappa shape index (κ3) is 2.91. The van der Waals surface area contributed by atoms with E-state index in [0.29, 0.717) is 5.69 Å². The maximum absolute atomic E-state index is 12.7. The van der Waals surface area contributed by atoms with Gasteiger partial charge in [-0.15, -0.1) is 0 Å². The number of likely N-dealkylation sites (tertiary alicyclic amines) is 1. The van der Waals surface area contributed by atoms with Crippen molar-refractivity contribution in [2.75, 3.05) is 18.4 Å². The number of amides is 2. The lowest BCUT2D eigenvalue weighted by atomic mass is 9.90. The van der Waals surface area contributed by atoms with Gasteiger partial charge in [0.05, 0.1) is 11.2 Å². The van der Waals surface area contributed by atoms with Crippen LogP contribution in [0.2, 0.25) is 0 Å². The number of aromatic nitrogens is 1. The Morgan fingerprint density at radius 2 is 1.83 bits per heavy atom. The molecule has 1 saturated heterocycles. The van der Waals surface area contributed by atoms with Crippen LogP contribution < -0.4 is 5.32 Å². The minimum Gasteiger partial charge on any atom is -0.342 e. The zero-order valence-corrected chi connectivity index (χ0v) is 13.5. The molecule has 1 aromatic heterocycles. The average molecular weight is 311 g/mol. The molecule has 0 saturated carbocycles. The highest BCUT2D eigenvalue weighted by molar-refractivity contribution is 6.12. The van der Waals surface area contributed by atoms with Crippen LogP contribution in [0.25, 0.3) is 10.9 Å². The van der Waals surface area contributed by atoms with Gasteiger partial charge in [0.15, 0.2) is 0 Å². The molecule has 3 rings (SSSR count). The molecule has 1 N–H and O–H groups in total. The van der Waals surface area contributed by atoms with Crippen molar-refractivity contribution in [2.45, 2.75) is 26.7 Å². The molecule has 2 heterocycles. The predicted octanol–water partition coefficient (Wildman–Crippen LogP) is 2.82. The number of fused-ring (bicyclic) bond motifs is 1. The third-order valence-electron chi connectivity index (χ3n) is 4.38. The summed E-state index contributed by atoms with van der Waals surface area (Å²) in [5.41, 5.74) is 0.268. The third-order valence-corrected chi connectivity index (χ3v) is 4.38. The molecule has 0 atom stereocenters. The van der Waals surface area contributed by atoms with Gasteiger partial charge in [0.2, 0.25) is 11.8 Å². The fourth-order valence-corrected chi connectivity index (χ4v) is 2.90. The lowest BCUT2D eigenvalue weighted by molar-refractivity contribution is -0.145. The van der Waals surface area contributed by atoms with Gasteiger partial charge < -0.3 is 10.2 Å². The van der Waals surface area contributed by atoms with Gasteiger partial charge in [0.1, 0.15) is 5.41 Å². The largest absolute Gasteiger partial charge is 0.342 e. The lowest BCUT2D eigenvalue weighted by Gasteiger charge is -2.28. The van der Waals surface area contributed by atoms with Crippen molar-refractivity contribution < 1.29 is 9.59 Å². The number of hydrogen-bond acceptors (Lipinski definition) is 3. The highest BCUT2D eigenvalue weighted by Crippen LogP contribution is 2.26. The number of para-hydroxylation sites is 1. The number of carbonyl (C=O) groups is 2. The number of pyridine rings is 1. The smallest absolute Gasteiger partial charge is 0.239 e. The molecule has 1 aliphatic heterocycles. The second-order valence-corrected chi connectivity index (χ2v) is 6.46. The van der Waals surface area contributed by atoms with Crippen LogP contribution >= 0.6 is 0 Å². The SMILES string of the molecule is CC(C)(C(=O)Nc1cccc2cccnc12)C(=O)N1CCCC1. The Bertz CT molecular complexity index is 744. The number of anilines is 1. The maximum Gasteiger partial charge on any atom is 0.239 e. The summed E-state index contributed by atoms with van der Waals surface area (Å²) in [6.07, 6.45) is 3.71. The highest BCUT2D eigenvalue weighted by Gasteiger charge is 2.40. The van der Waals surface area contributed by atoms with Gasteiger partial charge in [-0.2, -0.15) is 0 Å². The molecule has 2 amide bonds. The fraction of sp³-hybridized carbons (Fsp3) is 0.389. The normalized spacial score (nSPS) is 15.0. The van der Waals surface area contributed by atoms with Crippen LogP contribution in [0.15, 0.2) is 36.5 Å². The van der Waals surface area contributed by atoms with Gasteiger partial charge in [-0.1, -0.05) is 18.2 Å². The first-order valence-electron chi connectivity index (χ1n) is 7.95. The van der Waals surface area contributed by atoms with Crippen molar-refractivity contribution in [3.8, 4) is 0 Å². The molecule has 0 spiro atoms. The predicted molar refractivity (Wildman–Crippen MR) is 90.0 cm³/mol. The van der Waals surface area contributed by atoms with E-state index in [4.69, 9.17) is 0 Å². The van der Waals surface area contributed by atoms with Gasteiger partial charge in [-0.05, 0) is 38.8 Å². The molecule has 2 aromatic rings. The molecule has 5 nitrogen and oxygen atoms in total. The van der Waals surface area contributed by atoms with Gasteiger partial charge in [-0.25, -0.2) is 0 Å². The first-order chi connectivity index (χ1) is 11.0. The van der Waals surface area contributed by atoms with Crippen molar-refractivity contribution in [3.05, 3.63) is 36.5 Å². The van der Waals surface area contributed by atoms with Crippen LogP contribution in [0, 0.1) is 5.41 Å². The topological polar surface area (TPSA) is 62.3 Å². The molecule has 1 fully saturated rings. The van der Waals surface area contributed by atoms with Crippen LogP contribution in [-0.4, -0.2) is 34.8 Å². The minimum absolute atomic E-state index is 0.110. The van der Waals surface area contributed by atoms with Crippen LogP contribution in [0.3, 0.4) is 0 Å². The number of carbonyl (C=O) groups excluding carboxylic acids is 2. The molecule has 5 heteroatoms. The molecule has 0 bridgehead atoms. The molecule has 1 aromatic carbocycles. The number of nitrogens with zero attached hydrogens (tertiary/aromatic N) is 2. The molecule has 0 unspecified atom stereocenters. The summed E-state index contributed by atoms with van der Waals surface area (Å²) in [4.78, 5) is 31.4. The van der Waals surface area contributed by atoms with Crippen molar-refractivity contribution in [3.63, 3.8) is 0 Å². The summed E-state index contributed by atoms with van der Waals surface area (Å²) in [5.74, 6) is -0.409. The standard InChI is InChI=1S/C18H21N3O2/c1-18(2,17(23)21-11-3-4-12-21)16(22)20-14-9-5-7-13-8-6-10-19-15(13)14/h5-10H,3-4,11-12H2,1-2H3,(H,20,22). The molecule has 0 aliphatic carbocycles. The van der Waals surface area contributed by atoms with Crippen molar-refractivity contribution in [1.29, 1.82) is 0 Å². The van der Waals surface area contributed by atoms with Crippen LogP contribution in [-0.2, 0) is 9.59 Å². The van der Waals surface area contributed by atoms with Crippen LogP contribution in [0.5, 0.6) is 0 Å². The maximum atomic E-state index is 12.7. The van der Waals surface area contributed by atoms with Crippen LogP contribution in [0.4, 0.5) is 5.69 Å². The van der Waals surface area contributed by atoms with E-state index in [-0.39, 0.29) is 11.8 Å². The van der Waals surface area contributed by atoms with Gasteiger partial charge >= 0.3 is 0 Å². The fourth-order valence-electron chi connectivity index (χ4n) is 2.90. The van der Waals surface area contributed by atoms with Crippen molar-refractivity contribution >= 4 is 28.4 Å². The zero-order valence-electron chi connectivity index (χ0n) is 13.5. The quantitative estimate of drug-likeness (QED) is 0.887. The summed E-state index contributed by atoms with van der Waals surface area (Å²) in [5, 5.41) is 3.83. The summed E-state index contributed by atoms with van der Waals surface area (Å²) in [6.45, 7) is 4.85. The summed E-state index contributed by atoms with van der Waals surface area (Å²) >= 11 is 0. The Hall–Kier alpha value is -2.43. The van der Waals surface area contributed by atoms with Crippen molar-refractivity contribution in [2.24, 2.45) is 5.41 Å². The summed E-state index contributed by atoms with van der Waals surface area (Å²) in [6, 6.07) is 9.42. The Balaban J connectivity index is 1.83. The Morgan fingerprint density at radius 3 is 2.57 bits per heavy atom. The first-order valence-corrected chi connectivity index (χ1v) is 7.95. The van der Waals surface area contributed by atoms with Crippen molar-refractivity contribution in [1.82, 2.24) is 9.88 Å². The van der Waals surface area contributed by atoms with E-state index in [1.807, 2.05) is 30.3 Å². The molecule has 0 radical (unpaired) electrons. The molecule has 120 valence electrons. The van der Waals surface area contributed by atoms with E-state index in [1.54, 1.807) is 24.9 Å². The van der Waals surface area contributed by atoms with E-state index in [9.17, 15) is 9.59 Å². The number of nitrogens with one attached hydrogen (secondary N) is 1. The Labute approximate surface area is 135 Å². The summed E-state index contributed by atoms with van der Waals surface area (Å²) < 4.78 is 0. The van der Waals surface area contributed by atoms with E-state index >= 15 is 0 Å². The molecule has 23 heavy (non-hydrogen) atoms. The number of hydrogen-bond donors (Lipinski definition) is 1. The van der Waals surface area contributed by atoms with E-state index in [1.165, 1.54) is 0 Å². The lowest BCUT2D eigenvalue weighted by Crippen LogP contribution is -2.46. The average Bonchev–Trinajstić information content (AvgIpc) is 3.08. The van der Waals surface area contributed by atoms with E-state index < -0.39 is 5.41 Å². The summed E-state index contributed by atoms with van der Waals surface area (Å²) in [7, 11) is 0. The zero-order chi connectivity index (χ0) is 16.4. The Morgan fingerprint density at radius 1 is 1.13 bits per heavy atom.